The first kappa shape index (κ1) is 21.5. The summed E-state index contributed by atoms with van der Waals surface area (Å²) in [6.45, 7) is -1.21. The van der Waals surface area contributed by atoms with Crippen LogP contribution in [0.15, 0.2) is 21.9 Å². The van der Waals surface area contributed by atoms with Gasteiger partial charge in [-0.2, -0.15) is 26.3 Å². The van der Waals surface area contributed by atoms with Crippen LogP contribution < -0.4 is 11.2 Å². The molecule has 0 amide bonds. The zero-order chi connectivity index (χ0) is 21.3. The first-order valence-corrected chi connectivity index (χ1v) is 7.27. The van der Waals surface area contributed by atoms with Gasteiger partial charge in [0.25, 0.3) is 5.56 Å². The Morgan fingerprint density at radius 3 is 2.29 bits per heavy atom. The highest BCUT2D eigenvalue weighted by Crippen LogP contribution is 2.32. The Bertz CT molecular complexity index is 858. The summed E-state index contributed by atoms with van der Waals surface area (Å²) in [5.74, 6) is -5.29. The van der Waals surface area contributed by atoms with Crippen LogP contribution in [0.1, 0.15) is 12.6 Å². The molecular formula is C13H10F6N2O7. The summed E-state index contributed by atoms with van der Waals surface area (Å²) in [5.41, 5.74) is -1.83. The minimum atomic E-state index is -5.40. The van der Waals surface area contributed by atoms with Crippen molar-refractivity contribution in [3.8, 4) is 0 Å². The number of aromatic nitrogens is 2. The third kappa shape index (κ3) is 5.11. The highest BCUT2D eigenvalue weighted by molar-refractivity contribution is 5.76. The van der Waals surface area contributed by atoms with Crippen LogP contribution in [0.3, 0.4) is 0 Å². The fourth-order valence-corrected chi connectivity index (χ4v) is 2.24. The largest absolute Gasteiger partial charge is 0.490 e. The molecule has 0 spiro atoms. The molecule has 1 saturated heterocycles. The van der Waals surface area contributed by atoms with Gasteiger partial charge >= 0.3 is 30.0 Å². The van der Waals surface area contributed by atoms with Crippen LogP contribution in [-0.4, -0.2) is 52.7 Å². The van der Waals surface area contributed by atoms with Gasteiger partial charge in [-0.3, -0.25) is 14.3 Å². The van der Waals surface area contributed by atoms with E-state index in [1.165, 1.54) is 0 Å². The summed E-state index contributed by atoms with van der Waals surface area (Å²) >= 11 is 0. The quantitative estimate of drug-likeness (QED) is 0.554. The number of hydrogen-bond acceptors (Lipinski definition) is 7. The van der Waals surface area contributed by atoms with E-state index < -0.39 is 67.0 Å². The maximum Gasteiger partial charge on any atom is 0.490 e. The second kappa shape index (κ2) is 7.65. The molecule has 9 nitrogen and oxygen atoms in total. The fourth-order valence-electron chi connectivity index (χ4n) is 2.24. The lowest BCUT2D eigenvalue weighted by molar-refractivity contribution is -0.212. The zero-order valence-corrected chi connectivity index (χ0v) is 13.4. The number of aromatic amines is 1. The zero-order valence-electron chi connectivity index (χ0n) is 13.4. The van der Waals surface area contributed by atoms with Crippen molar-refractivity contribution >= 4 is 11.9 Å². The van der Waals surface area contributed by atoms with Crippen LogP contribution in [0.4, 0.5) is 26.3 Å². The van der Waals surface area contributed by atoms with Gasteiger partial charge in [-0.25, -0.2) is 14.4 Å². The van der Waals surface area contributed by atoms with E-state index in [-0.39, 0.29) is 0 Å². The lowest BCUT2D eigenvalue weighted by Crippen LogP contribution is -2.38. The molecule has 1 aromatic rings. The predicted octanol–water partition coefficient (Wildman–Crippen LogP) is 0.404. The maximum absolute atomic E-state index is 12.4. The number of H-pyrrole nitrogens is 1. The Balaban J connectivity index is 2.20. The molecule has 0 bridgehead atoms. The van der Waals surface area contributed by atoms with Gasteiger partial charge in [-0.05, 0) is 0 Å². The van der Waals surface area contributed by atoms with Crippen LogP contribution in [0.5, 0.6) is 0 Å². The summed E-state index contributed by atoms with van der Waals surface area (Å²) in [4.78, 5) is 46.4. The molecular weight excluding hydrogens is 410 g/mol. The molecule has 1 aliphatic heterocycles. The second-order valence-corrected chi connectivity index (χ2v) is 5.42. The van der Waals surface area contributed by atoms with E-state index in [0.29, 0.717) is 4.57 Å². The molecule has 0 saturated carbocycles. The number of nitrogens with zero attached hydrogens (tertiary/aromatic N) is 1. The van der Waals surface area contributed by atoms with E-state index in [1.807, 2.05) is 4.98 Å². The first-order chi connectivity index (χ1) is 12.8. The van der Waals surface area contributed by atoms with Gasteiger partial charge in [0.15, 0.2) is 0 Å². The normalized spacial score (nSPS) is 22.7. The van der Waals surface area contributed by atoms with E-state index in [1.54, 1.807) is 0 Å². The number of hydrogen-bond donors (Lipinski definition) is 1. The predicted molar refractivity (Wildman–Crippen MR) is 72.8 cm³/mol. The van der Waals surface area contributed by atoms with E-state index in [0.717, 1.165) is 12.3 Å². The van der Waals surface area contributed by atoms with Crippen molar-refractivity contribution in [3.63, 3.8) is 0 Å². The van der Waals surface area contributed by atoms with Crippen molar-refractivity contribution in [1.29, 1.82) is 0 Å². The average Bonchev–Trinajstić information content (AvgIpc) is 2.93. The number of rotatable bonds is 4. The van der Waals surface area contributed by atoms with Crippen LogP contribution >= 0.6 is 0 Å². The van der Waals surface area contributed by atoms with E-state index in [2.05, 4.69) is 9.47 Å². The van der Waals surface area contributed by atoms with Gasteiger partial charge in [-0.15, -0.1) is 0 Å². The number of carbonyl (C=O) groups is 2. The molecule has 1 aliphatic rings. The number of carbonyl (C=O) groups excluding carboxylic acids is 2. The van der Waals surface area contributed by atoms with Gasteiger partial charge in [0, 0.05) is 18.7 Å². The summed E-state index contributed by atoms with van der Waals surface area (Å²) in [6, 6.07) is 0.874. The smallest absolute Gasteiger partial charge is 0.456 e. The van der Waals surface area contributed by atoms with Gasteiger partial charge in [0.05, 0.1) is 0 Å². The molecule has 0 unspecified atom stereocenters. The standard InChI is InChI=1S/C13H10F6N2O7/c14-12(15,16)9(23)26-4-6-5(28-10(24)13(17,18)19)3-8(27-6)21-2-1-7(22)20-11(21)25/h1-2,5-6,8H,3-4H2,(H,20,22,25)/t5-,6+,8+/m0/s1. The molecule has 28 heavy (non-hydrogen) atoms. The Labute approximate surface area is 149 Å². The number of nitrogens with one attached hydrogen (secondary N) is 1. The highest BCUT2D eigenvalue weighted by atomic mass is 19.4. The van der Waals surface area contributed by atoms with Crippen LogP contribution in [0.2, 0.25) is 0 Å². The number of alkyl halides is 6. The first-order valence-electron chi connectivity index (χ1n) is 7.27. The average molecular weight is 420 g/mol. The van der Waals surface area contributed by atoms with Gasteiger partial charge < -0.3 is 14.2 Å². The molecule has 0 aliphatic carbocycles. The summed E-state index contributed by atoms with van der Waals surface area (Å²) < 4.78 is 87.6. The lowest BCUT2D eigenvalue weighted by atomic mass is 10.2. The maximum atomic E-state index is 12.4. The third-order valence-corrected chi connectivity index (χ3v) is 3.44. The summed E-state index contributed by atoms with van der Waals surface area (Å²) in [7, 11) is 0. The molecule has 0 radical (unpaired) electrons. The van der Waals surface area contributed by atoms with Crippen molar-refractivity contribution in [1.82, 2.24) is 9.55 Å². The molecule has 1 N–H and O–H groups in total. The summed E-state index contributed by atoms with van der Waals surface area (Å²) in [6.07, 6.45) is -15.4. The number of halogens is 6. The van der Waals surface area contributed by atoms with E-state index in [9.17, 15) is 45.5 Å². The van der Waals surface area contributed by atoms with Crippen molar-refractivity contribution in [3.05, 3.63) is 33.1 Å². The van der Waals surface area contributed by atoms with Gasteiger partial charge in [0.1, 0.15) is 25.0 Å². The lowest BCUT2D eigenvalue weighted by Gasteiger charge is -2.19. The molecule has 1 fully saturated rings. The molecule has 3 atom stereocenters. The minimum absolute atomic E-state index is 0.595. The third-order valence-electron chi connectivity index (χ3n) is 3.44. The van der Waals surface area contributed by atoms with Crippen molar-refractivity contribution in [2.45, 2.75) is 37.2 Å². The molecule has 156 valence electrons. The highest BCUT2D eigenvalue weighted by Gasteiger charge is 2.48. The monoisotopic (exact) mass is 420 g/mol. The van der Waals surface area contributed by atoms with Crippen LogP contribution in [0, 0.1) is 0 Å². The molecule has 0 aromatic carbocycles. The molecule has 2 rings (SSSR count). The van der Waals surface area contributed by atoms with Gasteiger partial charge in [0.2, 0.25) is 0 Å². The minimum Gasteiger partial charge on any atom is -0.456 e. The van der Waals surface area contributed by atoms with E-state index in [4.69, 9.17) is 4.74 Å². The van der Waals surface area contributed by atoms with Crippen LogP contribution in [-0.2, 0) is 23.8 Å². The van der Waals surface area contributed by atoms with Crippen molar-refractivity contribution < 1.29 is 50.1 Å². The Kier molecular flexibility index (Phi) is 5.86. The van der Waals surface area contributed by atoms with E-state index >= 15 is 0 Å². The number of esters is 2. The number of ether oxygens (including phenoxy) is 3. The Morgan fingerprint density at radius 2 is 1.75 bits per heavy atom. The Hall–Kier alpha value is -2.84. The molecule has 15 heteroatoms. The van der Waals surface area contributed by atoms with Crippen molar-refractivity contribution in [2.24, 2.45) is 0 Å². The molecule has 1 aromatic heterocycles. The Morgan fingerprint density at radius 1 is 1.14 bits per heavy atom. The fraction of sp³-hybridized carbons (Fsp3) is 0.538. The SMILES string of the molecule is O=C(OC[C@H]1O[C@@H](n2ccc(=O)[nH]c2=O)C[C@@H]1OC(=O)C(F)(F)F)C(F)(F)F. The van der Waals surface area contributed by atoms with Crippen molar-refractivity contribution in [2.75, 3.05) is 6.61 Å². The van der Waals surface area contributed by atoms with Gasteiger partial charge in [-0.1, -0.05) is 0 Å². The van der Waals surface area contributed by atoms with Crippen LogP contribution in [0.25, 0.3) is 0 Å². The topological polar surface area (TPSA) is 117 Å². The summed E-state index contributed by atoms with van der Waals surface area (Å²) in [5, 5.41) is 0. The molecule has 2 heterocycles. The second-order valence-electron chi connectivity index (χ2n) is 5.42.